The Morgan fingerprint density at radius 1 is 1.03 bits per heavy atom. The molecule has 0 atom stereocenters. The second-order valence-electron chi connectivity index (χ2n) is 7.94. The Hall–Kier alpha value is -2.38. The van der Waals surface area contributed by atoms with Crippen molar-refractivity contribution in [2.75, 3.05) is 0 Å². The Morgan fingerprint density at radius 2 is 1.78 bits per heavy atom. The molecule has 0 unspecified atom stereocenters. The average Bonchev–Trinajstić information content (AvgIpc) is 2.92. The van der Waals surface area contributed by atoms with E-state index in [0.717, 1.165) is 17.3 Å². The minimum atomic E-state index is -0.751. The molecule has 3 heterocycles. The molecule has 32 heavy (non-hydrogen) atoms. The molecule has 1 aliphatic rings. The average molecular weight is 507 g/mol. The zero-order valence-corrected chi connectivity index (χ0v) is 19.8. The predicted octanol–water partition coefficient (Wildman–Crippen LogP) is 6.40. The van der Waals surface area contributed by atoms with Crippen LogP contribution in [0.25, 0.3) is 16.7 Å². The zero-order valence-electron chi connectivity index (χ0n) is 16.7. The van der Waals surface area contributed by atoms with Gasteiger partial charge in [-0.3, -0.25) is 9.36 Å². The number of nitrogens with zero attached hydrogens (tertiary/aromatic N) is 1. The lowest BCUT2D eigenvalue weighted by Crippen LogP contribution is -2.24. The summed E-state index contributed by atoms with van der Waals surface area (Å²) in [6.07, 6.45) is 0. The summed E-state index contributed by atoms with van der Waals surface area (Å²) in [5, 5.41) is 12.2. The van der Waals surface area contributed by atoms with Gasteiger partial charge in [-0.25, -0.2) is 4.79 Å². The van der Waals surface area contributed by atoms with E-state index in [0.29, 0.717) is 31.3 Å². The number of pyridine rings is 1. The van der Waals surface area contributed by atoms with Crippen molar-refractivity contribution in [1.29, 1.82) is 0 Å². The molecule has 162 valence electrons. The fourth-order valence-corrected chi connectivity index (χ4v) is 6.03. The molecule has 5 nitrogen and oxygen atoms in total. The summed E-state index contributed by atoms with van der Waals surface area (Å²) >= 11 is 19.7. The van der Waals surface area contributed by atoms with Crippen LogP contribution in [0.15, 0.2) is 66.3 Å². The van der Waals surface area contributed by atoms with Crippen molar-refractivity contribution in [2.24, 2.45) is 0 Å². The predicted molar refractivity (Wildman–Crippen MR) is 127 cm³/mol. The van der Waals surface area contributed by atoms with Crippen molar-refractivity contribution in [3.05, 3.63) is 89.6 Å². The third-order valence-electron chi connectivity index (χ3n) is 5.57. The van der Waals surface area contributed by atoms with Crippen LogP contribution in [0.3, 0.4) is 0 Å². The standard InChI is InChI=1S/C23H14Cl3NO4S/c1-23(2)16-9-15-17(21(29)27(16)14-8-11(25)7-13(26)18(14)23)19(28)20(22(30)31-15)32-12-5-3-4-10(24)6-12/h3-9,28H,1-2H3. The van der Waals surface area contributed by atoms with Gasteiger partial charge in [0.15, 0.2) is 5.75 Å². The summed E-state index contributed by atoms with van der Waals surface area (Å²) in [5.74, 6) is -0.444. The van der Waals surface area contributed by atoms with Crippen molar-refractivity contribution in [2.45, 2.75) is 29.1 Å². The molecule has 2 aromatic carbocycles. The highest BCUT2D eigenvalue weighted by molar-refractivity contribution is 7.99. The molecule has 0 fully saturated rings. The van der Waals surface area contributed by atoms with E-state index in [-0.39, 0.29) is 15.9 Å². The van der Waals surface area contributed by atoms with Crippen LogP contribution < -0.4 is 11.2 Å². The third-order valence-corrected chi connectivity index (χ3v) is 7.37. The first-order chi connectivity index (χ1) is 15.1. The van der Waals surface area contributed by atoms with Gasteiger partial charge in [0.2, 0.25) is 0 Å². The van der Waals surface area contributed by atoms with Crippen LogP contribution in [0.1, 0.15) is 25.1 Å². The van der Waals surface area contributed by atoms with Gasteiger partial charge >= 0.3 is 5.63 Å². The van der Waals surface area contributed by atoms with Gasteiger partial charge in [0, 0.05) is 42.7 Å². The van der Waals surface area contributed by atoms with Crippen LogP contribution >= 0.6 is 46.6 Å². The Labute approximate surface area is 201 Å². The number of aromatic nitrogens is 1. The largest absolute Gasteiger partial charge is 0.505 e. The third kappa shape index (κ3) is 3.09. The molecule has 0 amide bonds. The van der Waals surface area contributed by atoms with E-state index >= 15 is 0 Å². The van der Waals surface area contributed by atoms with Gasteiger partial charge < -0.3 is 9.52 Å². The topological polar surface area (TPSA) is 72.4 Å². The lowest BCUT2D eigenvalue weighted by atomic mass is 9.83. The summed E-state index contributed by atoms with van der Waals surface area (Å²) in [6.45, 7) is 3.83. The molecular formula is C23H14Cl3NO4S. The van der Waals surface area contributed by atoms with Gasteiger partial charge in [0.1, 0.15) is 15.9 Å². The van der Waals surface area contributed by atoms with Crippen molar-refractivity contribution >= 4 is 57.5 Å². The maximum Gasteiger partial charge on any atom is 0.354 e. The van der Waals surface area contributed by atoms with Gasteiger partial charge in [0.25, 0.3) is 5.56 Å². The lowest BCUT2D eigenvalue weighted by Gasteiger charge is -2.21. The Morgan fingerprint density at radius 3 is 2.50 bits per heavy atom. The Kier molecular flexibility index (Phi) is 4.91. The van der Waals surface area contributed by atoms with Crippen LogP contribution in [-0.4, -0.2) is 9.67 Å². The molecule has 1 N–H and O–H groups in total. The first kappa shape index (κ1) is 21.5. The smallest absolute Gasteiger partial charge is 0.354 e. The number of rotatable bonds is 2. The first-order valence-electron chi connectivity index (χ1n) is 9.49. The lowest BCUT2D eigenvalue weighted by molar-refractivity contribution is 0.445. The number of hydrogen-bond acceptors (Lipinski definition) is 5. The molecule has 0 aliphatic carbocycles. The second kappa shape index (κ2) is 7.32. The molecule has 1 aliphatic heterocycles. The molecule has 9 heteroatoms. The molecular weight excluding hydrogens is 493 g/mol. The van der Waals surface area contributed by atoms with Gasteiger partial charge in [-0.2, -0.15) is 0 Å². The maximum absolute atomic E-state index is 13.6. The van der Waals surface area contributed by atoms with Crippen LogP contribution in [0, 0.1) is 0 Å². The van der Waals surface area contributed by atoms with E-state index in [1.54, 1.807) is 42.5 Å². The monoisotopic (exact) mass is 505 g/mol. The van der Waals surface area contributed by atoms with Crippen LogP contribution in [0.2, 0.25) is 15.1 Å². The maximum atomic E-state index is 13.6. The molecule has 0 radical (unpaired) electrons. The summed E-state index contributed by atoms with van der Waals surface area (Å²) in [7, 11) is 0. The molecule has 5 rings (SSSR count). The second-order valence-corrected chi connectivity index (χ2v) is 10.3. The fraction of sp³-hybridized carbons (Fsp3) is 0.130. The van der Waals surface area contributed by atoms with Crippen LogP contribution in [0.4, 0.5) is 0 Å². The van der Waals surface area contributed by atoms with Gasteiger partial charge in [-0.15, -0.1) is 0 Å². The van der Waals surface area contributed by atoms with E-state index in [4.69, 9.17) is 39.2 Å². The number of benzene rings is 2. The highest BCUT2D eigenvalue weighted by Crippen LogP contribution is 2.47. The van der Waals surface area contributed by atoms with E-state index < -0.39 is 22.3 Å². The van der Waals surface area contributed by atoms with Crippen molar-refractivity contribution < 1.29 is 9.52 Å². The fourth-order valence-electron chi connectivity index (χ4n) is 4.16. The van der Waals surface area contributed by atoms with Gasteiger partial charge in [-0.05, 0) is 30.3 Å². The van der Waals surface area contributed by atoms with Crippen molar-refractivity contribution in [3.8, 4) is 11.4 Å². The minimum Gasteiger partial charge on any atom is -0.505 e. The van der Waals surface area contributed by atoms with Gasteiger partial charge in [0.05, 0.1) is 5.69 Å². The number of hydrogen-bond donors (Lipinski definition) is 1. The van der Waals surface area contributed by atoms with Crippen LogP contribution in [-0.2, 0) is 5.41 Å². The van der Waals surface area contributed by atoms with E-state index in [9.17, 15) is 14.7 Å². The van der Waals surface area contributed by atoms with Gasteiger partial charge in [-0.1, -0.05) is 66.5 Å². The van der Waals surface area contributed by atoms with E-state index in [1.807, 2.05) is 13.8 Å². The Balaban J connectivity index is 1.82. The quantitative estimate of drug-likeness (QED) is 0.340. The number of halogens is 3. The zero-order chi connectivity index (χ0) is 22.9. The molecule has 0 spiro atoms. The van der Waals surface area contributed by atoms with Crippen LogP contribution in [0.5, 0.6) is 5.75 Å². The SMILES string of the molecule is CC1(C)c2c(Cl)cc(Cl)cc2-n2c1cc1oc(=O)c(Sc3cccc(Cl)c3)c(O)c1c2=O. The normalized spacial score (nSPS) is 13.9. The molecule has 0 saturated carbocycles. The molecule has 0 saturated heterocycles. The number of aromatic hydroxyl groups is 1. The highest BCUT2D eigenvalue weighted by Gasteiger charge is 2.40. The molecule has 0 bridgehead atoms. The summed E-state index contributed by atoms with van der Waals surface area (Å²) < 4.78 is 6.95. The first-order valence-corrected chi connectivity index (χ1v) is 11.4. The van der Waals surface area contributed by atoms with Crippen molar-refractivity contribution in [3.63, 3.8) is 0 Å². The Bertz CT molecular complexity index is 1570. The summed E-state index contributed by atoms with van der Waals surface area (Å²) in [6, 6.07) is 11.7. The van der Waals surface area contributed by atoms with E-state index in [1.165, 1.54) is 4.57 Å². The van der Waals surface area contributed by atoms with Crippen molar-refractivity contribution in [1.82, 2.24) is 4.57 Å². The highest BCUT2D eigenvalue weighted by atomic mass is 35.5. The van der Waals surface area contributed by atoms with E-state index in [2.05, 4.69) is 0 Å². The number of fused-ring (bicyclic) bond motifs is 4. The summed E-state index contributed by atoms with van der Waals surface area (Å²) in [4.78, 5) is 26.8. The molecule has 4 aromatic rings. The minimum absolute atomic E-state index is 0.00212. The summed E-state index contributed by atoms with van der Waals surface area (Å²) in [5.41, 5.74) is -0.104. The molecule has 2 aromatic heterocycles.